The molecule has 0 aliphatic rings. The molecule has 1 aromatic rings. The van der Waals surface area contributed by atoms with Gasteiger partial charge in [0.05, 0.1) is 12.2 Å². The second kappa shape index (κ2) is 7.28. The third kappa shape index (κ3) is 4.52. The SMILES string of the molecule is CSCCCOc1ccc(/C(N)=N/O)cc1C(F)(F)F. The van der Waals surface area contributed by atoms with Crippen LogP contribution in [0.2, 0.25) is 0 Å². The van der Waals surface area contributed by atoms with Crippen LogP contribution in [0, 0.1) is 0 Å². The van der Waals surface area contributed by atoms with E-state index in [2.05, 4.69) is 5.16 Å². The maximum Gasteiger partial charge on any atom is 0.419 e. The van der Waals surface area contributed by atoms with Gasteiger partial charge in [-0.05, 0) is 36.6 Å². The molecule has 0 bridgehead atoms. The molecule has 4 nitrogen and oxygen atoms in total. The summed E-state index contributed by atoms with van der Waals surface area (Å²) in [4.78, 5) is 0. The molecule has 0 amide bonds. The molecule has 0 saturated carbocycles. The molecule has 0 fully saturated rings. The number of hydrogen-bond donors (Lipinski definition) is 2. The van der Waals surface area contributed by atoms with Crippen molar-refractivity contribution in [3.05, 3.63) is 29.3 Å². The van der Waals surface area contributed by atoms with Gasteiger partial charge in [0.2, 0.25) is 0 Å². The van der Waals surface area contributed by atoms with Gasteiger partial charge < -0.3 is 15.7 Å². The first-order chi connectivity index (χ1) is 9.40. The number of nitrogens with two attached hydrogens (primary N) is 1. The molecule has 0 saturated heterocycles. The van der Waals surface area contributed by atoms with Crippen LogP contribution in [0.4, 0.5) is 13.2 Å². The van der Waals surface area contributed by atoms with Gasteiger partial charge in [-0.15, -0.1) is 0 Å². The minimum Gasteiger partial charge on any atom is -0.493 e. The molecule has 1 aromatic carbocycles. The Morgan fingerprint density at radius 2 is 2.15 bits per heavy atom. The predicted molar refractivity (Wildman–Crippen MR) is 72.4 cm³/mol. The minimum atomic E-state index is -4.57. The Balaban J connectivity index is 2.99. The van der Waals surface area contributed by atoms with E-state index in [4.69, 9.17) is 15.7 Å². The lowest BCUT2D eigenvalue weighted by molar-refractivity contribution is -0.138. The van der Waals surface area contributed by atoms with Gasteiger partial charge in [0, 0.05) is 5.56 Å². The van der Waals surface area contributed by atoms with Crippen LogP contribution in [0.15, 0.2) is 23.4 Å². The highest BCUT2D eigenvalue weighted by Crippen LogP contribution is 2.36. The number of benzene rings is 1. The van der Waals surface area contributed by atoms with Gasteiger partial charge in [-0.25, -0.2) is 0 Å². The number of oxime groups is 1. The number of nitrogens with zero attached hydrogens (tertiary/aromatic N) is 1. The number of alkyl halides is 3. The molecule has 0 atom stereocenters. The third-order valence-corrected chi connectivity index (χ3v) is 3.14. The molecule has 20 heavy (non-hydrogen) atoms. The molecule has 0 aromatic heterocycles. The fourth-order valence-corrected chi connectivity index (χ4v) is 1.89. The van der Waals surface area contributed by atoms with Gasteiger partial charge in [-0.2, -0.15) is 24.9 Å². The molecule has 0 heterocycles. The van der Waals surface area contributed by atoms with Crippen LogP contribution >= 0.6 is 11.8 Å². The fourth-order valence-electron chi connectivity index (χ4n) is 1.48. The van der Waals surface area contributed by atoms with Gasteiger partial charge in [0.25, 0.3) is 0 Å². The molecule has 1 rings (SSSR count). The maximum atomic E-state index is 12.9. The van der Waals surface area contributed by atoms with Gasteiger partial charge in [-0.3, -0.25) is 0 Å². The Hall–Kier alpha value is -1.57. The van der Waals surface area contributed by atoms with E-state index in [1.165, 1.54) is 12.1 Å². The zero-order valence-electron chi connectivity index (χ0n) is 10.8. The monoisotopic (exact) mass is 308 g/mol. The lowest BCUT2D eigenvalue weighted by atomic mass is 10.1. The Morgan fingerprint density at radius 1 is 1.45 bits per heavy atom. The van der Waals surface area contributed by atoms with E-state index >= 15 is 0 Å². The summed E-state index contributed by atoms with van der Waals surface area (Å²) in [5, 5.41) is 11.2. The first kappa shape index (κ1) is 16.5. The van der Waals surface area contributed by atoms with Gasteiger partial charge in [0.1, 0.15) is 5.75 Å². The second-order valence-electron chi connectivity index (χ2n) is 3.89. The predicted octanol–water partition coefficient (Wildman–Crippen LogP) is 2.93. The average molecular weight is 308 g/mol. The van der Waals surface area contributed by atoms with Crippen molar-refractivity contribution in [1.29, 1.82) is 0 Å². The van der Waals surface area contributed by atoms with E-state index in [9.17, 15) is 13.2 Å². The topological polar surface area (TPSA) is 67.8 Å². The highest BCUT2D eigenvalue weighted by atomic mass is 32.2. The zero-order chi connectivity index (χ0) is 15.2. The van der Waals surface area contributed by atoms with Gasteiger partial charge >= 0.3 is 6.18 Å². The van der Waals surface area contributed by atoms with Gasteiger partial charge in [-0.1, -0.05) is 5.16 Å². The maximum absolute atomic E-state index is 12.9. The van der Waals surface area contributed by atoms with E-state index < -0.39 is 11.7 Å². The van der Waals surface area contributed by atoms with E-state index in [0.717, 1.165) is 11.8 Å². The lowest BCUT2D eigenvalue weighted by Gasteiger charge is -2.15. The molecular weight excluding hydrogens is 293 g/mol. The molecule has 8 heteroatoms. The number of ether oxygens (including phenoxy) is 1. The van der Waals surface area contributed by atoms with Crippen molar-refractivity contribution in [3.8, 4) is 5.75 Å². The summed E-state index contributed by atoms with van der Waals surface area (Å²) in [5.74, 6) is 0.168. The van der Waals surface area contributed by atoms with Crippen molar-refractivity contribution in [2.45, 2.75) is 12.6 Å². The number of amidine groups is 1. The van der Waals surface area contributed by atoms with Crippen molar-refractivity contribution in [2.24, 2.45) is 10.9 Å². The van der Waals surface area contributed by atoms with Crippen molar-refractivity contribution in [3.63, 3.8) is 0 Å². The first-order valence-corrected chi connectivity index (χ1v) is 7.10. The highest BCUT2D eigenvalue weighted by molar-refractivity contribution is 7.98. The van der Waals surface area contributed by atoms with E-state index in [1.54, 1.807) is 11.8 Å². The Morgan fingerprint density at radius 3 is 2.70 bits per heavy atom. The fraction of sp³-hybridized carbons (Fsp3) is 0.417. The van der Waals surface area contributed by atoms with Crippen LogP contribution in [0.3, 0.4) is 0 Å². The summed E-state index contributed by atoms with van der Waals surface area (Å²) in [6.07, 6.45) is -2.01. The summed E-state index contributed by atoms with van der Waals surface area (Å²) in [7, 11) is 0. The average Bonchev–Trinajstić information content (AvgIpc) is 2.41. The first-order valence-electron chi connectivity index (χ1n) is 5.71. The summed E-state index contributed by atoms with van der Waals surface area (Å²) in [6, 6.07) is 3.29. The van der Waals surface area contributed by atoms with Crippen molar-refractivity contribution in [2.75, 3.05) is 18.6 Å². The highest BCUT2D eigenvalue weighted by Gasteiger charge is 2.35. The van der Waals surface area contributed by atoms with Crippen molar-refractivity contribution >= 4 is 17.6 Å². The number of thioether (sulfide) groups is 1. The van der Waals surface area contributed by atoms with Crippen molar-refractivity contribution in [1.82, 2.24) is 0 Å². The number of rotatable bonds is 6. The van der Waals surface area contributed by atoms with E-state index in [1.807, 2.05) is 6.26 Å². The minimum absolute atomic E-state index is 0.0173. The standard InChI is InChI=1S/C12H15F3N2O2S/c1-20-6-2-5-19-10-4-3-8(11(16)17-18)7-9(10)12(13,14)15/h3-4,7,18H,2,5-6H2,1H3,(H2,16,17). The van der Waals surface area contributed by atoms with Gasteiger partial charge in [0.15, 0.2) is 5.84 Å². The van der Waals surface area contributed by atoms with Crippen LogP contribution in [-0.2, 0) is 6.18 Å². The third-order valence-electron chi connectivity index (χ3n) is 2.44. The Labute approximate surface area is 118 Å². The molecule has 112 valence electrons. The number of hydrogen-bond acceptors (Lipinski definition) is 4. The van der Waals surface area contributed by atoms with Crippen LogP contribution in [0.25, 0.3) is 0 Å². The summed E-state index contributed by atoms with van der Waals surface area (Å²) in [6.45, 7) is 0.201. The van der Waals surface area contributed by atoms with E-state index in [0.29, 0.717) is 6.42 Å². The second-order valence-corrected chi connectivity index (χ2v) is 4.87. The van der Waals surface area contributed by atoms with Crippen LogP contribution in [0.1, 0.15) is 17.5 Å². The normalized spacial score (nSPS) is 12.5. The molecule has 0 radical (unpaired) electrons. The van der Waals surface area contributed by atoms with Crippen molar-refractivity contribution < 1.29 is 23.1 Å². The van der Waals surface area contributed by atoms with Crippen LogP contribution in [-0.4, -0.2) is 29.7 Å². The Kier molecular flexibility index (Phi) is 6.00. The molecule has 3 N–H and O–H groups in total. The number of halogens is 3. The van der Waals surface area contributed by atoms with Crippen LogP contribution < -0.4 is 10.5 Å². The molecular formula is C12H15F3N2O2S. The quantitative estimate of drug-likeness (QED) is 0.279. The summed E-state index contributed by atoms with van der Waals surface area (Å²) in [5.41, 5.74) is 4.33. The largest absolute Gasteiger partial charge is 0.493 e. The molecule has 0 aliphatic carbocycles. The van der Waals surface area contributed by atoms with Crippen LogP contribution in [0.5, 0.6) is 5.75 Å². The summed E-state index contributed by atoms with van der Waals surface area (Å²) < 4.78 is 44.0. The Bertz CT molecular complexity index is 478. The van der Waals surface area contributed by atoms with E-state index in [-0.39, 0.29) is 23.8 Å². The molecule has 0 aliphatic heterocycles. The zero-order valence-corrected chi connectivity index (χ0v) is 11.6. The smallest absolute Gasteiger partial charge is 0.419 e. The molecule has 0 spiro atoms. The summed E-state index contributed by atoms with van der Waals surface area (Å²) >= 11 is 1.59. The molecule has 0 unspecified atom stereocenters. The lowest BCUT2D eigenvalue weighted by Crippen LogP contribution is -2.16.